The number of hydrogen-bond acceptors (Lipinski definition) is 4. The van der Waals surface area contributed by atoms with Crippen molar-refractivity contribution in [3.05, 3.63) is 76.0 Å². The zero-order chi connectivity index (χ0) is 22.0. The number of fused-ring (bicyclic) bond motifs is 1. The summed E-state index contributed by atoms with van der Waals surface area (Å²) in [5.74, 6) is -0.0318. The summed E-state index contributed by atoms with van der Waals surface area (Å²) in [6.45, 7) is 6.44. The lowest BCUT2D eigenvalue weighted by atomic mass is 9.87. The maximum atomic E-state index is 13.3. The zero-order valence-corrected chi connectivity index (χ0v) is 18.0. The van der Waals surface area contributed by atoms with Crippen LogP contribution in [-0.2, 0) is 11.8 Å². The monoisotopic (exact) mass is 420 g/mol. The molecule has 1 aliphatic rings. The van der Waals surface area contributed by atoms with Crippen LogP contribution in [-0.4, -0.2) is 57.9 Å². The number of nitro benzene ring substituents is 1. The first kappa shape index (κ1) is 21.1. The summed E-state index contributed by atoms with van der Waals surface area (Å²) < 4.78 is 2.08. The van der Waals surface area contributed by atoms with Gasteiger partial charge in [-0.15, -0.1) is 0 Å². The van der Waals surface area contributed by atoms with Gasteiger partial charge in [-0.1, -0.05) is 37.3 Å². The molecule has 4 rings (SSSR count). The van der Waals surface area contributed by atoms with Gasteiger partial charge in [-0.05, 0) is 23.7 Å². The number of para-hydroxylation sites is 1. The highest BCUT2D eigenvalue weighted by Crippen LogP contribution is 2.35. The van der Waals surface area contributed by atoms with E-state index in [0.29, 0.717) is 6.42 Å². The first-order valence-electron chi connectivity index (χ1n) is 10.8. The van der Waals surface area contributed by atoms with Crippen molar-refractivity contribution in [2.75, 3.05) is 32.7 Å². The number of non-ortho nitro benzene ring substituents is 1. The molecule has 2 heterocycles. The van der Waals surface area contributed by atoms with E-state index in [1.165, 1.54) is 12.1 Å². The average molecular weight is 421 g/mol. The van der Waals surface area contributed by atoms with Crippen molar-refractivity contribution >= 4 is 22.5 Å². The number of piperazine rings is 1. The van der Waals surface area contributed by atoms with E-state index in [1.54, 1.807) is 12.1 Å². The van der Waals surface area contributed by atoms with Gasteiger partial charge in [0.15, 0.2) is 0 Å². The number of carbonyl (C=O) groups excluding carboxylic acids is 1. The molecule has 0 spiro atoms. The van der Waals surface area contributed by atoms with Gasteiger partial charge < -0.3 is 14.4 Å². The Morgan fingerprint density at radius 2 is 1.74 bits per heavy atom. The van der Waals surface area contributed by atoms with Gasteiger partial charge >= 0.3 is 0 Å². The number of nitro groups is 1. The number of nitrogens with zero attached hydrogens (tertiary/aromatic N) is 4. The highest BCUT2D eigenvalue weighted by atomic mass is 16.6. The molecule has 162 valence electrons. The third kappa shape index (κ3) is 4.32. The molecule has 2 aromatic carbocycles. The predicted molar refractivity (Wildman–Crippen MR) is 121 cm³/mol. The lowest BCUT2D eigenvalue weighted by Crippen LogP contribution is -2.48. The summed E-state index contributed by atoms with van der Waals surface area (Å²) in [6, 6.07) is 14.8. The summed E-state index contributed by atoms with van der Waals surface area (Å²) in [4.78, 5) is 28.3. The Bertz CT molecular complexity index is 1080. The van der Waals surface area contributed by atoms with Gasteiger partial charge in [-0.25, -0.2) is 0 Å². The van der Waals surface area contributed by atoms with Crippen LogP contribution in [0.1, 0.15) is 30.4 Å². The van der Waals surface area contributed by atoms with Crippen LogP contribution in [0.2, 0.25) is 0 Å². The number of rotatable bonds is 6. The van der Waals surface area contributed by atoms with Crippen LogP contribution in [0.15, 0.2) is 54.7 Å². The van der Waals surface area contributed by atoms with E-state index < -0.39 is 4.92 Å². The minimum Gasteiger partial charge on any atom is -0.350 e. The molecule has 1 atom stereocenters. The second-order valence-electron chi connectivity index (χ2n) is 8.13. The highest BCUT2D eigenvalue weighted by Gasteiger charge is 2.27. The molecule has 0 bridgehead atoms. The molecule has 1 aromatic heterocycles. The van der Waals surface area contributed by atoms with Crippen molar-refractivity contribution in [1.29, 1.82) is 0 Å². The Morgan fingerprint density at radius 3 is 2.39 bits per heavy atom. The minimum absolute atomic E-state index is 0.0578. The van der Waals surface area contributed by atoms with Crippen LogP contribution in [0.5, 0.6) is 0 Å². The molecule has 1 amide bonds. The van der Waals surface area contributed by atoms with Gasteiger partial charge in [0.1, 0.15) is 0 Å². The van der Waals surface area contributed by atoms with Gasteiger partial charge in [0, 0.05) is 74.8 Å². The zero-order valence-electron chi connectivity index (χ0n) is 18.0. The Labute approximate surface area is 182 Å². The molecule has 0 radical (unpaired) electrons. The molecule has 0 unspecified atom stereocenters. The number of likely N-dealkylation sites (N-methyl/N-ethyl adjacent to an activating group) is 1. The lowest BCUT2D eigenvalue weighted by Gasteiger charge is -2.34. The fourth-order valence-electron chi connectivity index (χ4n) is 4.50. The molecule has 0 aliphatic carbocycles. The van der Waals surface area contributed by atoms with E-state index >= 15 is 0 Å². The summed E-state index contributed by atoms with van der Waals surface area (Å²) in [6.07, 6.45) is 2.43. The van der Waals surface area contributed by atoms with E-state index in [-0.39, 0.29) is 17.5 Å². The van der Waals surface area contributed by atoms with E-state index in [4.69, 9.17) is 0 Å². The molecule has 0 N–H and O–H groups in total. The Morgan fingerprint density at radius 1 is 1.06 bits per heavy atom. The molecule has 1 aliphatic heterocycles. The Kier molecular flexibility index (Phi) is 6.04. The van der Waals surface area contributed by atoms with Gasteiger partial charge in [0.05, 0.1) is 4.92 Å². The van der Waals surface area contributed by atoms with Gasteiger partial charge in [0.2, 0.25) is 5.91 Å². The van der Waals surface area contributed by atoms with Crippen molar-refractivity contribution in [1.82, 2.24) is 14.4 Å². The first-order valence-corrected chi connectivity index (χ1v) is 10.8. The van der Waals surface area contributed by atoms with Crippen molar-refractivity contribution in [2.45, 2.75) is 19.3 Å². The average Bonchev–Trinajstić information content (AvgIpc) is 3.14. The molecule has 7 nitrogen and oxygen atoms in total. The highest BCUT2D eigenvalue weighted by molar-refractivity contribution is 5.86. The van der Waals surface area contributed by atoms with Crippen LogP contribution in [0.3, 0.4) is 0 Å². The molecule has 3 aromatic rings. The second-order valence-corrected chi connectivity index (χ2v) is 8.13. The van der Waals surface area contributed by atoms with Crippen LogP contribution in [0.4, 0.5) is 5.69 Å². The molecule has 1 fully saturated rings. The number of carbonyl (C=O) groups is 1. The summed E-state index contributed by atoms with van der Waals surface area (Å²) >= 11 is 0. The summed E-state index contributed by atoms with van der Waals surface area (Å²) in [5.41, 5.74) is 3.16. The SMILES string of the molecule is CCN1CCN(C(=O)C[C@H](c2ccc([N+](=O)[O-])cc2)c2cn(C)c3ccccc23)CC1. The molecular weight excluding hydrogens is 392 g/mol. The standard InChI is InChI=1S/C24H28N4O3/c1-3-26-12-14-27(15-13-26)24(29)16-21(18-8-10-19(11-9-18)28(30)31)22-17-25(2)23-7-5-4-6-20(22)23/h4-11,17,21H,3,12-16H2,1-2H3/t21-/m1/s1. The number of aryl methyl sites for hydroxylation is 1. The molecular formula is C24H28N4O3. The number of amides is 1. The van der Waals surface area contributed by atoms with E-state index in [0.717, 1.165) is 54.8 Å². The maximum absolute atomic E-state index is 13.3. The molecule has 31 heavy (non-hydrogen) atoms. The van der Waals surface area contributed by atoms with Crippen molar-refractivity contribution in [3.8, 4) is 0 Å². The number of aromatic nitrogens is 1. The van der Waals surface area contributed by atoms with Crippen LogP contribution in [0.25, 0.3) is 10.9 Å². The molecule has 0 saturated carbocycles. The Balaban J connectivity index is 1.67. The number of hydrogen-bond donors (Lipinski definition) is 0. The minimum atomic E-state index is -0.394. The maximum Gasteiger partial charge on any atom is 0.269 e. The van der Waals surface area contributed by atoms with Gasteiger partial charge in [0.25, 0.3) is 5.69 Å². The van der Waals surface area contributed by atoms with Crippen molar-refractivity contribution in [2.24, 2.45) is 7.05 Å². The van der Waals surface area contributed by atoms with Crippen LogP contribution >= 0.6 is 0 Å². The summed E-state index contributed by atoms with van der Waals surface area (Å²) in [5, 5.41) is 12.2. The third-order valence-electron chi connectivity index (χ3n) is 6.36. The van der Waals surface area contributed by atoms with Crippen LogP contribution < -0.4 is 0 Å². The number of benzene rings is 2. The largest absolute Gasteiger partial charge is 0.350 e. The lowest BCUT2D eigenvalue weighted by molar-refractivity contribution is -0.384. The smallest absolute Gasteiger partial charge is 0.269 e. The second kappa shape index (κ2) is 8.89. The summed E-state index contributed by atoms with van der Waals surface area (Å²) in [7, 11) is 2.00. The Hall–Kier alpha value is -3.19. The van der Waals surface area contributed by atoms with E-state index in [9.17, 15) is 14.9 Å². The normalized spacial score (nSPS) is 15.9. The van der Waals surface area contributed by atoms with Crippen LogP contribution in [0, 0.1) is 10.1 Å². The van der Waals surface area contributed by atoms with E-state index in [1.807, 2.05) is 24.1 Å². The molecule has 1 saturated heterocycles. The van der Waals surface area contributed by atoms with E-state index in [2.05, 4.69) is 34.7 Å². The third-order valence-corrected chi connectivity index (χ3v) is 6.36. The fraction of sp³-hybridized carbons (Fsp3) is 0.375. The fourth-order valence-corrected chi connectivity index (χ4v) is 4.50. The molecule has 7 heteroatoms. The first-order chi connectivity index (χ1) is 15.0. The quantitative estimate of drug-likeness (QED) is 0.450. The predicted octanol–water partition coefficient (Wildman–Crippen LogP) is 3.77. The topological polar surface area (TPSA) is 71.6 Å². The van der Waals surface area contributed by atoms with Crippen molar-refractivity contribution in [3.63, 3.8) is 0 Å². The van der Waals surface area contributed by atoms with Gasteiger partial charge in [-0.3, -0.25) is 14.9 Å². The van der Waals surface area contributed by atoms with Crippen molar-refractivity contribution < 1.29 is 9.72 Å². The van der Waals surface area contributed by atoms with Gasteiger partial charge in [-0.2, -0.15) is 0 Å².